The van der Waals surface area contributed by atoms with Gasteiger partial charge in [0.2, 0.25) is 0 Å². The summed E-state index contributed by atoms with van der Waals surface area (Å²) in [7, 11) is 0. The van der Waals surface area contributed by atoms with Crippen molar-refractivity contribution < 1.29 is 32.5 Å². The van der Waals surface area contributed by atoms with E-state index in [9.17, 15) is 27.2 Å². The summed E-state index contributed by atoms with van der Waals surface area (Å²) in [4.78, 5) is 40.2. The maximum atomic E-state index is 14.5. The summed E-state index contributed by atoms with van der Waals surface area (Å²) in [6, 6.07) is 16.4. The molecule has 0 aliphatic carbocycles. The van der Waals surface area contributed by atoms with E-state index in [2.05, 4.69) is 48.9 Å². The summed E-state index contributed by atoms with van der Waals surface area (Å²) in [5.74, 6) is -14.2. The van der Waals surface area contributed by atoms with E-state index in [1.807, 2.05) is 48.6 Å². The molecule has 1 saturated heterocycles. The monoisotopic (exact) mass is 624 g/mol. The lowest BCUT2D eigenvalue weighted by Crippen LogP contribution is -2.57. The molecule has 7 heterocycles. The lowest BCUT2D eigenvalue weighted by molar-refractivity contribution is -0.322. The highest BCUT2D eigenvalue weighted by atomic mass is 19.3. The molecule has 0 spiro atoms. The zero-order valence-electron chi connectivity index (χ0n) is 23.3. The van der Waals surface area contributed by atoms with E-state index >= 15 is 0 Å². The SMILES string of the molecule is C1=Cc2cc3ccc(cc4nc(cc5ccc(cc1n2)[nH]5)C=C4)[nH]3.Cc1cn([C@]2(F)O[C@H](CO)[C@](O)(F)C2(F)F)c(=O)[nH]c1=O. The molecule has 3 aliphatic rings. The first-order chi connectivity index (χ1) is 21.3. The van der Waals surface area contributed by atoms with Crippen molar-refractivity contribution in [3.05, 3.63) is 104 Å². The van der Waals surface area contributed by atoms with E-state index in [0.717, 1.165) is 51.8 Å². The van der Waals surface area contributed by atoms with Crippen molar-refractivity contribution in [2.24, 2.45) is 0 Å². The second-order valence-corrected chi connectivity index (χ2v) is 10.4. The molecule has 0 amide bonds. The van der Waals surface area contributed by atoms with Crippen LogP contribution in [0.1, 0.15) is 28.3 Å². The molecule has 0 radical (unpaired) electrons. The molecule has 5 N–H and O–H groups in total. The standard InChI is InChI=1S/C20H14N4.C10H10F4N2O5/c1-2-14-10-16-5-6-18(23-16)12-20-8-7-19(24-20)11-17-4-3-15(22-17)9-13(1)21-14;1-4-2-16(7(19)15-6(4)18)10(14)9(12,13)8(11,20)5(3-17)21-10/h1-12,21,24H;2,5,17,20H,3H2,1H3,(H,15,18,19)/t;5-,8-,10+/m.1/s1. The Morgan fingerprint density at radius 1 is 0.800 bits per heavy atom. The van der Waals surface area contributed by atoms with Gasteiger partial charge in [-0.25, -0.2) is 23.7 Å². The predicted molar refractivity (Wildman–Crippen MR) is 157 cm³/mol. The zero-order valence-corrected chi connectivity index (χ0v) is 23.3. The Morgan fingerprint density at radius 3 is 1.60 bits per heavy atom. The lowest BCUT2D eigenvalue weighted by atomic mass is 10.1. The van der Waals surface area contributed by atoms with E-state index in [0.29, 0.717) is 6.20 Å². The van der Waals surface area contributed by atoms with E-state index < -0.39 is 41.7 Å². The van der Waals surface area contributed by atoms with Gasteiger partial charge >= 0.3 is 23.4 Å². The molecule has 7 rings (SSSR count). The molecule has 11 nitrogen and oxygen atoms in total. The summed E-state index contributed by atoms with van der Waals surface area (Å²) in [6.07, 6.45) is 5.86. The van der Waals surface area contributed by atoms with Gasteiger partial charge in [0.1, 0.15) is 0 Å². The van der Waals surface area contributed by atoms with Crippen LogP contribution in [-0.4, -0.2) is 64.2 Å². The number of nitrogens with zero attached hydrogens (tertiary/aromatic N) is 3. The smallest absolute Gasteiger partial charge is 0.385 e. The van der Waals surface area contributed by atoms with Gasteiger partial charge in [-0.2, -0.15) is 13.2 Å². The number of aromatic amines is 3. The Morgan fingerprint density at radius 2 is 1.22 bits per heavy atom. The number of alkyl halides is 4. The van der Waals surface area contributed by atoms with Crippen LogP contribution < -0.4 is 11.2 Å². The van der Waals surface area contributed by atoms with Crippen molar-refractivity contribution >= 4 is 46.4 Å². The molecule has 232 valence electrons. The van der Waals surface area contributed by atoms with Gasteiger partial charge in [0.25, 0.3) is 5.56 Å². The van der Waals surface area contributed by atoms with Crippen LogP contribution in [0, 0.1) is 6.92 Å². The Bertz CT molecular complexity index is 1970. The number of aliphatic hydroxyl groups excluding tert-OH is 1. The van der Waals surface area contributed by atoms with Gasteiger partial charge in [-0.05, 0) is 79.8 Å². The molecule has 1 fully saturated rings. The maximum absolute atomic E-state index is 14.5. The molecule has 0 saturated carbocycles. The average Bonchev–Trinajstić information content (AvgIpc) is 3.81. The molecule has 4 aromatic rings. The number of halogens is 4. The van der Waals surface area contributed by atoms with E-state index in [4.69, 9.17) is 10.2 Å². The third-order valence-electron chi connectivity index (χ3n) is 7.19. The fraction of sp³-hybridized carbons (Fsp3) is 0.200. The predicted octanol–water partition coefficient (Wildman–Crippen LogP) is 3.76. The van der Waals surface area contributed by atoms with E-state index in [-0.39, 0.29) is 10.1 Å². The van der Waals surface area contributed by atoms with Crippen LogP contribution >= 0.6 is 0 Å². The molecule has 4 aromatic heterocycles. The van der Waals surface area contributed by atoms with Crippen molar-refractivity contribution in [1.82, 2.24) is 29.5 Å². The minimum atomic E-state index is -5.22. The third-order valence-corrected chi connectivity index (χ3v) is 7.19. The Balaban J connectivity index is 0.000000161. The van der Waals surface area contributed by atoms with Crippen molar-refractivity contribution in [3.8, 4) is 0 Å². The minimum Gasteiger partial charge on any atom is -0.393 e. The number of fused-ring (bicyclic) bond motifs is 8. The number of nitrogens with one attached hydrogen (secondary N) is 3. The molecule has 15 heteroatoms. The molecule has 3 atom stereocenters. The molecule has 45 heavy (non-hydrogen) atoms. The highest BCUT2D eigenvalue weighted by Crippen LogP contribution is 2.54. The van der Waals surface area contributed by atoms with Crippen molar-refractivity contribution in [2.75, 3.05) is 6.61 Å². The fourth-order valence-corrected chi connectivity index (χ4v) is 4.85. The van der Waals surface area contributed by atoms with Crippen molar-refractivity contribution in [2.45, 2.75) is 30.8 Å². The lowest BCUT2D eigenvalue weighted by Gasteiger charge is -2.29. The van der Waals surface area contributed by atoms with Crippen LogP contribution in [-0.2, 0) is 10.7 Å². The van der Waals surface area contributed by atoms with Gasteiger partial charge in [-0.15, -0.1) is 0 Å². The van der Waals surface area contributed by atoms with E-state index in [1.165, 1.54) is 4.98 Å². The number of ether oxygens (including phenoxy) is 1. The molecule has 3 aliphatic heterocycles. The van der Waals surface area contributed by atoms with Gasteiger partial charge in [-0.1, -0.05) is 0 Å². The molecular weight excluding hydrogens is 600 g/mol. The van der Waals surface area contributed by atoms with Crippen molar-refractivity contribution in [3.63, 3.8) is 0 Å². The summed E-state index contributed by atoms with van der Waals surface area (Å²) >= 11 is 0. The average molecular weight is 625 g/mol. The van der Waals surface area contributed by atoms with Gasteiger partial charge in [0, 0.05) is 33.8 Å². The summed E-state index contributed by atoms with van der Waals surface area (Å²) < 4.78 is 59.4. The number of H-pyrrole nitrogens is 3. The number of aryl methyl sites for hydroxylation is 1. The zero-order chi connectivity index (χ0) is 32.1. The molecule has 0 unspecified atom stereocenters. The second kappa shape index (κ2) is 10.8. The van der Waals surface area contributed by atoms with Crippen LogP contribution in [0.15, 0.2) is 64.3 Å². The number of hydrogen-bond acceptors (Lipinski definition) is 7. The molecule has 8 bridgehead atoms. The normalized spacial score (nSPS) is 23.1. The molecular formula is C30H24F4N6O5. The van der Waals surface area contributed by atoms with Crippen molar-refractivity contribution in [1.29, 1.82) is 0 Å². The summed E-state index contributed by atoms with van der Waals surface area (Å²) in [5.41, 5.74) is 4.93. The van der Waals surface area contributed by atoms with Gasteiger partial charge in [-0.3, -0.25) is 9.78 Å². The first-order valence-electron chi connectivity index (χ1n) is 13.4. The quantitative estimate of drug-likeness (QED) is 0.183. The van der Waals surface area contributed by atoms with Gasteiger partial charge < -0.3 is 24.9 Å². The second-order valence-electron chi connectivity index (χ2n) is 10.4. The van der Waals surface area contributed by atoms with Crippen LogP contribution in [0.4, 0.5) is 17.6 Å². The summed E-state index contributed by atoms with van der Waals surface area (Å²) in [5, 5.41) is 17.8. The fourth-order valence-electron chi connectivity index (χ4n) is 4.85. The van der Waals surface area contributed by atoms with Crippen LogP contribution in [0.25, 0.3) is 46.4 Å². The highest BCUT2D eigenvalue weighted by molar-refractivity contribution is 5.77. The summed E-state index contributed by atoms with van der Waals surface area (Å²) in [6.45, 7) is -0.387. The largest absolute Gasteiger partial charge is 0.393 e. The van der Waals surface area contributed by atoms with Crippen LogP contribution in [0.2, 0.25) is 0 Å². The Labute approximate surface area is 249 Å². The highest BCUT2D eigenvalue weighted by Gasteiger charge is 2.81. The topological polar surface area (TPSA) is 162 Å². The van der Waals surface area contributed by atoms with Gasteiger partial charge in [0.05, 0.1) is 29.4 Å². The molecule has 0 aromatic carbocycles. The number of aliphatic hydroxyl groups is 2. The third kappa shape index (κ3) is 5.30. The number of hydrogen-bond donors (Lipinski definition) is 5. The maximum Gasteiger partial charge on any atom is 0.385 e. The van der Waals surface area contributed by atoms with Gasteiger partial charge in [0.15, 0.2) is 6.10 Å². The number of rotatable bonds is 2. The Hall–Kier alpha value is -5.12. The van der Waals surface area contributed by atoms with E-state index in [1.54, 1.807) is 0 Å². The first-order valence-corrected chi connectivity index (χ1v) is 13.4. The first kappa shape index (κ1) is 29.9. The minimum absolute atomic E-state index is 0.333. The van der Waals surface area contributed by atoms with Crippen LogP contribution in [0.3, 0.4) is 0 Å². The van der Waals surface area contributed by atoms with Crippen LogP contribution in [0.5, 0.6) is 0 Å². The Kier molecular flexibility index (Phi) is 7.18. The number of aromatic nitrogens is 6.